The summed E-state index contributed by atoms with van der Waals surface area (Å²) in [6, 6.07) is 13.0. The van der Waals surface area contributed by atoms with Crippen molar-refractivity contribution in [3.05, 3.63) is 69.8 Å². The molecule has 0 saturated carbocycles. The number of amides is 1. The Hall–Kier alpha value is -2.11. The Morgan fingerprint density at radius 2 is 1.95 bits per heavy atom. The van der Waals surface area contributed by atoms with Gasteiger partial charge in [0.1, 0.15) is 5.82 Å². The molecule has 1 fully saturated rings. The lowest BCUT2D eigenvalue weighted by Gasteiger charge is -1.96. The summed E-state index contributed by atoms with van der Waals surface area (Å²) in [5.41, 5.74) is 1.32. The SMILES string of the molecule is O=C1NC(=Nc2ccc(Cl)cc2)S/C1=C/c1cccc(F)c1. The third-order valence-electron chi connectivity index (χ3n) is 2.85. The summed E-state index contributed by atoms with van der Waals surface area (Å²) >= 11 is 7.03. The zero-order chi connectivity index (χ0) is 15.5. The quantitative estimate of drug-likeness (QED) is 0.830. The Kier molecular flexibility index (Phi) is 4.27. The number of carbonyl (C=O) groups excluding carboxylic acids is 1. The van der Waals surface area contributed by atoms with Gasteiger partial charge in [-0.1, -0.05) is 23.7 Å². The monoisotopic (exact) mass is 332 g/mol. The van der Waals surface area contributed by atoms with E-state index in [0.717, 1.165) is 0 Å². The van der Waals surface area contributed by atoms with Crippen LogP contribution in [0.15, 0.2) is 58.4 Å². The van der Waals surface area contributed by atoms with Crippen LogP contribution in [0.2, 0.25) is 5.02 Å². The molecule has 0 unspecified atom stereocenters. The van der Waals surface area contributed by atoms with Gasteiger partial charge in [-0.15, -0.1) is 0 Å². The van der Waals surface area contributed by atoms with E-state index in [-0.39, 0.29) is 11.7 Å². The van der Waals surface area contributed by atoms with Crippen LogP contribution in [0.4, 0.5) is 10.1 Å². The highest BCUT2D eigenvalue weighted by atomic mass is 35.5. The van der Waals surface area contributed by atoms with Crippen molar-refractivity contribution in [1.29, 1.82) is 0 Å². The number of aliphatic imine (C=N–C) groups is 1. The van der Waals surface area contributed by atoms with Crippen molar-refractivity contribution in [3.63, 3.8) is 0 Å². The minimum absolute atomic E-state index is 0.248. The Morgan fingerprint density at radius 1 is 1.18 bits per heavy atom. The number of carbonyl (C=O) groups is 1. The fourth-order valence-corrected chi connectivity index (χ4v) is 2.83. The summed E-state index contributed by atoms with van der Waals surface area (Å²) in [6.07, 6.45) is 1.63. The van der Waals surface area contributed by atoms with E-state index in [0.29, 0.717) is 26.3 Å². The average Bonchev–Trinajstić information content (AvgIpc) is 2.81. The van der Waals surface area contributed by atoms with E-state index in [2.05, 4.69) is 10.3 Å². The van der Waals surface area contributed by atoms with E-state index in [9.17, 15) is 9.18 Å². The minimum atomic E-state index is -0.340. The number of amidine groups is 1. The predicted molar refractivity (Wildman–Crippen MR) is 88.7 cm³/mol. The second-order valence-electron chi connectivity index (χ2n) is 4.51. The molecule has 1 N–H and O–H groups in total. The van der Waals surface area contributed by atoms with Gasteiger partial charge in [0.05, 0.1) is 10.6 Å². The fraction of sp³-hybridized carbons (Fsp3) is 0. The maximum atomic E-state index is 13.2. The summed E-state index contributed by atoms with van der Waals surface area (Å²) in [5, 5.41) is 3.79. The molecule has 0 radical (unpaired) electrons. The van der Waals surface area contributed by atoms with Crippen LogP contribution < -0.4 is 5.32 Å². The van der Waals surface area contributed by atoms with E-state index >= 15 is 0 Å². The molecule has 1 amide bonds. The molecular weight excluding hydrogens is 323 g/mol. The van der Waals surface area contributed by atoms with E-state index in [4.69, 9.17) is 11.6 Å². The molecule has 2 aromatic carbocycles. The van der Waals surface area contributed by atoms with Crippen LogP contribution in [0.25, 0.3) is 6.08 Å². The molecule has 3 rings (SSSR count). The third-order valence-corrected chi connectivity index (χ3v) is 4.02. The first-order chi connectivity index (χ1) is 10.6. The molecule has 1 aliphatic heterocycles. The highest BCUT2D eigenvalue weighted by Crippen LogP contribution is 2.28. The Bertz CT molecular complexity index is 787. The number of hydrogen-bond donors (Lipinski definition) is 1. The van der Waals surface area contributed by atoms with Gasteiger partial charge in [-0.2, -0.15) is 0 Å². The summed E-state index contributed by atoms with van der Waals surface area (Å²) in [5.74, 6) is -0.588. The van der Waals surface area contributed by atoms with E-state index in [1.807, 2.05) is 0 Å². The standard InChI is InChI=1S/C16H10ClFN2OS/c17-11-4-6-13(7-5-11)19-16-20-15(21)14(22-16)9-10-2-1-3-12(18)8-10/h1-9H,(H,19,20,21)/b14-9+. The topological polar surface area (TPSA) is 41.5 Å². The summed E-state index contributed by atoms with van der Waals surface area (Å²) < 4.78 is 13.2. The summed E-state index contributed by atoms with van der Waals surface area (Å²) in [7, 11) is 0. The molecule has 1 heterocycles. The Balaban J connectivity index is 1.82. The molecule has 1 saturated heterocycles. The summed E-state index contributed by atoms with van der Waals surface area (Å²) in [4.78, 5) is 16.7. The number of benzene rings is 2. The normalized spacial score (nSPS) is 18.0. The molecule has 0 aliphatic carbocycles. The van der Waals surface area contributed by atoms with Crippen LogP contribution in [-0.2, 0) is 4.79 Å². The van der Waals surface area contributed by atoms with Crippen LogP contribution in [-0.4, -0.2) is 11.1 Å². The maximum absolute atomic E-state index is 13.2. The fourth-order valence-electron chi connectivity index (χ4n) is 1.86. The second-order valence-corrected chi connectivity index (χ2v) is 5.98. The zero-order valence-electron chi connectivity index (χ0n) is 11.2. The molecule has 3 nitrogen and oxygen atoms in total. The second kappa shape index (κ2) is 6.34. The lowest BCUT2D eigenvalue weighted by atomic mass is 10.2. The van der Waals surface area contributed by atoms with Crippen LogP contribution in [0.3, 0.4) is 0 Å². The molecular formula is C16H10ClFN2OS. The van der Waals surface area contributed by atoms with E-state index in [1.54, 1.807) is 42.5 Å². The van der Waals surface area contributed by atoms with Gasteiger partial charge in [-0.05, 0) is 59.8 Å². The maximum Gasteiger partial charge on any atom is 0.264 e. The molecule has 2 aromatic rings. The first-order valence-corrected chi connectivity index (χ1v) is 7.60. The number of nitrogens with zero attached hydrogens (tertiary/aromatic N) is 1. The van der Waals surface area contributed by atoms with Crippen molar-refractivity contribution in [2.45, 2.75) is 0 Å². The van der Waals surface area contributed by atoms with Crippen molar-refractivity contribution < 1.29 is 9.18 Å². The molecule has 6 heteroatoms. The molecule has 0 bridgehead atoms. The van der Waals surface area contributed by atoms with Crippen molar-refractivity contribution in [3.8, 4) is 0 Å². The molecule has 0 spiro atoms. The molecule has 110 valence electrons. The van der Waals surface area contributed by atoms with Gasteiger partial charge in [-0.25, -0.2) is 9.38 Å². The average molecular weight is 333 g/mol. The molecule has 1 aliphatic rings. The number of hydrogen-bond acceptors (Lipinski definition) is 3. The van der Waals surface area contributed by atoms with Gasteiger partial charge in [0.25, 0.3) is 5.91 Å². The molecule has 0 aromatic heterocycles. The van der Waals surface area contributed by atoms with Crippen LogP contribution in [0.1, 0.15) is 5.56 Å². The highest BCUT2D eigenvalue weighted by Gasteiger charge is 2.23. The van der Waals surface area contributed by atoms with Crippen LogP contribution >= 0.6 is 23.4 Å². The Labute approximate surface area is 135 Å². The molecule has 22 heavy (non-hydrogen) atoms. The van der Waals surface area contributed by atoms with Crippen molar-refractivity contribution in [1.82, 2.24) is 5.32 Å². The summed E-state index contributed by atoms with van der Waals surface area (Å²) in [6.45, 7) is 0. The first-order valence-electron chi connectivity index (χ1n) is 6.41. The minimum Gasteiger partial charge on any atom is -0.300 e. The van der Waals surface area contributed by atoms with Gasteiger partial charge in [-0.3, -0.25) is 4.79 Å². The largest absolute Gasteiger partial charge is 0.300 e. The molecule has 0 atom stereocenters. The van der Waals surface area contributed by atoms with Gasteiger partial charge >= 0.3 is 0 Å². The Morgan fingerprint density at radius 3 is 2.68 bits per heavy atom. The van der Waals surface area contributed by atoms with Crippen molar-refractivity contribution in [2.75, 3.05) is 0 Å². The van der Waals surface area contributed by atoms with E-state index in [1.165, 1.54) is 23.9 Å². The number of nitrogens with one attached hydrogen (secondary N) is 1. The number of thioether (sulfide) groups is 1. The number of halogens is 2. The van der Waals surface area contributed by atoms with Gasteiger partial charge in [0, 0.05) is 5.02 Å². The predicted octanol–water partition coefficient (Wildman–Crippen LogP) is 4.37. The lowest BCUT2D eigenvalue weighted by molar-refractivity contribution is -0.115. The van der Waals surface area contributed by atoms with Crippen LogP contribution in [0.5, 0.6) is 0 Å². The smallest absolute Gasteiger partial charge is 0.264 e. The van der Waals surface area contributed by atoms with Gasteiger partial charge < -0.3 is 5.32 Å². The van der Waals surface area contributed by atoms with Crippen molar-refractivity contribution >= 4 is 46.2 Å². The van der Waals surface area contributed by atoms with E-state index < -0.39 is 0 Å². The zero-order valence-corrected chi connectivity index (χ0v) is 12.8. The van der Waals surface area contributed by atoms with Crippen LogP contribution in [0, 0.1) is 5.82 Å². The third kappa shape index (κ3) is 3.55. The number of rotatable bonds is 2. The van der Waals surface area contributed by atoms with Crippen molar-refractivity contribution in [2.24, 2.45) is 4.99 Å². The van der Waals surface area contributed by atoms with Gasteiger partial charge in [0.15, 0.2) is 5.17 Å². The first kappa shape index (κ1) is 14.8. The lowest BCUT2D eigenvalue weighted by Crippen LogP contribution is -2.19. The van der Waals surface area contributed by atoms with Gasteiger partial charge in [0.2, 0.25) is 0 Å². The highest BCUT2D eigenvalue weighted by molar-refractivity contribution is 8.18.